The lowest BCUT2D eigenvalue weighted by atomic mass is 9.60. The molecule has 3 unspecified atom stereocenters. The van der Waals surface area contributed by atoms with Crippen LogP contribution in [-0.4, -0.2) is 23.1 Å². The van der Waals surface area contributed by atoms with Crippen molar-refractivity contribution < 1.29 is 24.9 Å². The lowest BCUT2D eigenvalue weighted by molar-refractivity contribution is -0.344. The fourth-order valence-corrected chi connectivity index (χ4v) is 4.12. The maximum Gasteiger partial charge on any atom is 0.0549 e. The van der Waals surface area contributed by atoms with Crippen molar-refractivity contribution in [2.75, 3.05) is 0 Å². The van der Waals surface area contributed by atoms with Gasteiger partial charge in [0.25, 0.3) is 0 Å². The summed E-state index contributed by atoms with van der Waals surface area (Å²) in [4.78, 5) is 24.2. The Balaban J connectivity index is 0. The predicted molar refractivity (Wildman–Crippen MR) is 126 cm³/mol. The molecule has 9 N–H and O–H groups in total. The number of carbonyl (C=O) groups excluding carboxylic acids is 2. The van der Waals surface area contributed by atoms with Gasteiger partial charge in [0, 0.05) is 22.8 Å². The lowest BCUT2D eigenvalue weighted by Crippen LogP contribution is -2.60. The topological polar surface area (TPSA) is 173 Å². The summed E-state index contributed by atoms with van der Waals surface area (Å²) in [5, 5.41) is 34.7. The number of rotatable bonds is 16. The first-order valence-corrected chi connectivity index (χ1v) is 11.3. The molecule has 0 radical (unpaired) electrons. The van der Waals surface area contributed by atoms with E-state index in [9.17, 15) is 24.9 Å². The van der Waals surface area contributed by atoms with Gasteiger partial charge in [0.05, 0.1) is 6.10 Å². The number of carboxylic acids is 2. The standard InChI is InChI=1S/C25H40O5.2H3N/c1-4-5-6-7-8-9-10-14-17-21(26)19-25(3,23(29)30)24(2,22(27)28)18-20-15-12-11-13-16-20;;/h11-13,15-16,21,26H,4-10,14,17-19H2,1-3H3,(H,27,28)(H,29,30);2*1H3. The Morgan fingerprint density at radius 1 is 0.844 bits per heavy atom. The largest absolute Gasteiger partial charge is 0.550 e. The van der Waals surface area contributed by atoms with Gasteiger partial charge in [0.2, 0.25) is 0 Å². The summed E-state index contributed by atoms with van der Waals surface area (Å²) in [6.07, 6.45) is 8.37. The first-order valence-electron chi connectivity index (χ1n) is 11.3. The molecule has 32 heavy (non-hydrogen) atoms. The SMILES string of the molecule is CCCCCCCCCCC(O)CC(C)(C(=O)[O-])C(C)(Cc1ccccc1)C(=O)[O-].[NH4+].[NH4+]. The minimum absolute atomic E-state index is 0. The Kier molecular flexibility index (Phi) is 15.9. The normalized spacial score (nSPS) is 15.4. The van der Waals surface area contributed by atoms with E-state index in [2.05, 4.69) is 6.92 Å². The van der Waals surface area contributed by atoms with Gasteiger partial charge in [-0.05, 0) is 24.8 Å². The van der Waals surface area contributed by atoms with E-state index in [1.807, 2.05) is 6.07 Å². The zero-order valence-corrected chi connectivity index (χ0v) is 20.8. The molecule has 0 aliphatic rings. The second kappa shape index (κ2) is 15.8. The third kappa shape index (κ3) is 9.27. The average Bonchev–Trinajstić information content (AvgIpc) is 2.70. The Hall–Kier alpha value is -1.96. The van der Waals surface area contributed by atoms with Crippen LogP contribution < -0.4 is 22.5 Å². The van der Waals surface area contributed by atoms with E-state index >= 15 is 0 Å². The van der Waals surface area contributed by atoms with E-state index in [0.717, 1.165) is 19.3 Å². The number of benzene rings is 1. The third-order valence-corrected chi connectivity index (χ3v) is 6.55. The Bertz CT molecular complexity index is 655. The van der Waals surface area contributed by atoms with Crippen molar-refractivity contribution in [3.05, 3.63) is 35.9 Å². The smallest absolute Gasteiger partial charge is 0.0549 e. The molecular formula is C25H46N2O5. The van der Waals surface area contributed by atoms with Crippen LogP contribution in [0.1, 0.15) is 90.5 Å². The van der Waals surface area contributed by atoms with Crippen molar-refractivity contribution in [3.8, 4) is 0 Å². The van der Waals surface area contributed by atoms with Crippen LogP contribution in [0, 0.1) is 10.8 Å². The number of aliphatic carboxylic acids is 2. The minimum atomic E-state index is -1.76. The highest BCUT2D eigenvalue weighted by atomic mass is 16.4. The van der Waals surface area contributed by atoms with Gasteiger partial charge in [-0.15, -0.1) is 0 Å². The molecular weight excluding hydrogens is 408 g/mol. The van der Waals surface area contributed by atoms with Crippen molar-refractivity contribution in [2.24, 2.45) is 10.8 Å². The second-order valence-corrected chi connectivity index (χ2v) is 9.02. The summed E-state index contributed by atoms with van der Waals surface area (Å²) in [7, 11) is 0. The number of aliphatic hydroxyl groups is 1. The van der Waals surface area contributed by atoms with E-state index < -0.39 is 28.9 Å². The van der Waals surface area contributed by atoms with Gasteiger partial charge >= 0.3 is 0 Å². The van der Waals surface area contributed by atoms with Crippen LogP contribution in [-0.2, 0) is 16.0 Å². The highest BCUT2D eigenvalue weighted by Crippen LogP contribution is 2.45. The van der Waals surface area contributed by atoms with Crippen molar-refractivity contribution in [2.45, 2.75) is 97.5 Å². The van der Waals surface area contributed by atoms with Gasteiger partial charge in [-0.3, -0.25) is 0 Å². The van der Waals surface area contributed by atoms with Crippen LogP contribution in [0.5, 0.6) is 0 Å². The molecule has 0 saturated carbocycles. The number of carboxylic acid groups (broad SMARTS) is 2. The first-order chi connectivity index (χ1) is 14.2. The summed E-state index contributed by atoms with van der Waals surface area (Å²) in [6, 6.07) is 8.88. The summed E-state index contributed by atoms with van der Waals surface area (Å²) < 4.78 is 0. The van der Waals surface area contributed by atoms with Crippen molar-refractivity contribution in [1.82, 2.24) is 12.3 Å². The second-order valence-electron chi connectivity index (χ2n) is 9.02. The number of quaternary nitrogens is 2. The zero-order chi connectivity index (χ0) is 22.6. The molecule has 1 rings (SSSR count). The molecule has 0 aliphatic carbocycles. The fraction of sp³-hybridized carbons (Fsp3) is 0.680. The van der Waals surface area contributed by atoms with Crippen molar-refractivity contribution in [1.29, 1.82) is 0 Å². The third-order valence-electron chi connectivity index (χ3n) is 6.55. The van der Waals surface area contributed by atoms with E-state index in [4.69, 9.17) is 0 Å². The Labute approximate surface area is 193 Å². The molecule has 0 aliphatic heterocycles. The van der Waals surface area contributed by atoms with E-state index in [0.29, 0.717) is 12.0 Å². The van der Waals surface area contributed by atoms with Crippen molar-refractivity contribution in [3.63, 3.8) is 0 Å². The molecule has 3 atom stereocenters. The predicted octanol–water partition coefficient (Wildman–Crippen LogP) is 3.78. The molecule has 0 spiro atoms. The van der Waals surface area contributed by atoms with E-state index in [1.165, 1.54) is 46.0 Å². The molecule has 0 heterocycles. The van der Waals surface area contributed by atoms with E-state index in [-0.39, 0.29) is 25.1 Å². The molecule has 1 aromatic carbocycles. The number of aliphatic hydroxyl groups excluding tert-OH is 1. The van der Waals surface area contributed by atoms with Crippen LogP contribution in [0.3, 0.4) is 0 Å². The van der Waals surface area contributed by atoms with Gasteiger partial charge in [-0.2, -0.15) is 0 Å². The average molecular weight is 455 g/mol. The van der Waals surface area contributed by atoms with Gasteiger partial charge in [-0.25, -0.2) is 0 Å². The van der Waals surface area contributed by atoms with Crippen LogP contribution in [0.25, 0.3) is 0 Å². The van der Waals surface area contributed by atoms with Gasteiger partial charge < -0.3 is 37.2 Å². The summed E-state index contributed by atoms with van der Waals surface area (Å²) in [5.41, 5.74) is -2.77. The Morgan fingerprint density at radius 3 is 1.78 bits per heavy atom. The highest BCUT2D eigenvalue weighted by Gasteiger charge is 2.48. The maximum absolute atomic E-state index is 12.1. The highest BCUT2D eigenvalue weighted by molar-refractivity contribution is 5.84. The number of hydrogen-bond donors (Lipinski definition) is 3. The van der Waals surface area contributed by atoms with Crippen LogP contribution in [0.2, 0.25) is 0 Å². The van der Waals surface area contributed by atoms with Crippen molar-refractivity contribution >= 4 is 11.9 Å². The molecule has 186 valence electrons. The lowest BCUT2D eigenvalue weighted by Gasteiger charge is -2.49. The fourth-order valence-electron chi connectivity index (χ4n) is 4.12. The zero-order valence-electron chi connectivity index (χ0n) is 20.8. The van der Waals surface area contributed by atoms with Gasteiger partial charge in [0.15, 0.2) is 0 Å². The minimum Gasteiger partial charge on any atom is -0.550 e. The van der Waals surface area contributed by atoms with Crippen LogP contribution >= 0.6 is 0 Å². The van der Waals surface area contributed by atoms with Gasteiger partial charge in [-0.1, -0.05) is 102 Å². The quantitative estimate of drug-likeness (QED) is 0.322. The maximum atomic E-state index is 12.1. The summed E-state index contributed by atoms with van der Waals surface area (Å²) in [5.74, 6) is -2.92. The summed E-state index contributed by atoms with van der Waals surface area (Å²) in [6.45, 7) is 4.93. The molecule has 7 heteroatoms. The molecule has 1 aromatic rings. The van der Waals surface area contributed by atoms with Crippen LogP contribution in [0.4, 0.5) is 0 Å². The molecule has 7 nitrogen and oxygen atoms in total. The molecule has 0 amide bonds. The van der Waals surface area contributed by atoms with Gasteiger partial charge in [0.1, 0.15) is 0 Å². The molecule has 0 saturated heterocycles. The number of unbranched alkanes of at least 4 members (excludes halogenated alkanes) is 7. The summed E-state index contributed by atoms with van der Waals surface area (Å²) >= 11 is 0. The monoisotopic (exact) mass is 454 g/mol. The number of carbonyl (C=O) groups is 2. The molecule has 0 fully saturated rings. The molecule has 0 aromatic heterocycles. The molecule has 0 bridgehead atoms. The Morgan fingerprint density at radius 2 is 1.31 bits per heavy atom. The first kappa shape index (κ1) is 32.2. The van der Waals surface area contributed by atoms with Crippen LogP contribution in [0.15, 0.2) is 30.3 Å². The van der Waals surface area contributed by atoms with E-state index in [1.54, 1.807) is 24.3 Å². The number of hydrogen-bond acceptors (Lipinski definition) is 5.